The number of rotatable bonds is 6. The van der Waals surface area contributed by atoms with Gasteiger partial charge in [-0.1, -0.05) is 67.1 Å². The molecule has 0 amide bonds. The molecule has 0 atom stereocenters. The molecular formula is C29H23N3O2. The van der Waals surface area contributed by atoms with Crippen LogP contribution < -0.4 is 0 Å². The summed E-state index contributed by atoms with van der Waals surface area (Å²) < 4.78 is 0. The summed E-state index contributed by atoms with van der Waals surface area (Å²) in [5.74, 6) is -0.512. The number of allylic oxidation sites excluding steroid dienone is 1. The number of nitrogens with zero attached hydrogens (tertiary/aromatic N) is 2. The van der Waals surface area contributed by atoms with E-state index >= 15 is 0 Å². The van der Waals surface area contributed by atoms with E-state index in [0.29, 0.717) is 11.6 Å². The second kappa shape index (κ2) is 9.21. The zero-order valence-corrected chi connectivity index (χ0v) is 18.5. The van der Waals surface area contributed by atoms with Crippen LogP contribution in [0.3, 0.4) is 0 Å². The molecule has 1 saturated carbocycles. The number of H-pyrrole nitrogens is 1. The van der Waals surface area contributed by atoms with Crippen LogP contribution in [0.15, 0.2) is 78.9 Å². The number of aromatic amines is 1. The molecule has 2 N–H and O–H groups in total. The summed E-state index contributed by atoms with van der Waals surface area (Å²) in [5, 5.41) is 26.4. The third-order valence-corrected chi connectivity index (χ3v) is 6.44. The molecule has 0 bridgehead atoms. The Bertz CT molecular complexity index is 1450. The van der Waals surface area contributed by atoms with Crippen LogP contribution in [0.2, 0.25) is 0 Å². The van der Waals surface area contributed by atoms with E-state index in [1.165, 1.54) is 17.6 Å². The fourth-order valence-electron chi connectivity index (χ4n) is 4.56. The van der Waals surface area contributed by atoms with Gasteiger partial charge in [0.25, 0.3) is 0 Å². The molecule has 0 unspecified atom stereocenters. The highest BCUT2D eigenvalue weighted by atomic mass is 16.4. The van der Waals surface area contributed by atoms with E-state index in [4.69, 9.17) is 5.11 Å². The number of hydrogen-bond acceptors (Lipinski definition) is 3. The third-order valence-electron chi connectivity index (χ3n) is 6.44. The van der Waals surface area contributed by atoms with Crippen LogP contribution in [0.1, 0.15) is 47.2 Å². The first kappa shape index (κ1) is 21.4. The minimum Gasteiger partial charge on any atom is -0.478 e. The van der Waals surface area contributed by atoms with Crippen molar-refractivity contribution in [3.63, 3.8) is 0 Å². The van der Waals surface area contributed by atoms with Gasteiger partial charge in [-0.2, -0.15) is 10.4 Å². The first-order valence-electron chi connectivity index (χ1n) is 11.3. The molecule has 1 fully saturated rings. The predicted octanol–water partition coefficient (Wildman–Crippen LogP) is 6.29. The fraction of sp³-hybridized carbons (Fsp3) is 0.138. The van der Waals surface area contributed by atoms with Crippen molar-refractivity contribution in [2.24, 2.45) is 5.92 Å². The molecule has 1 aromatic heterocycles. The average Bonchev–Trinajstić information content (AvgIpc) is 3.25. The van der Waals surface area contributed by atoms with Crippen molar-refractivity contribution in [1.29, 1.82) is 5.26 Å². The first-order valence-corrected chi connectivity index (χ1v) is 11.3. The number of benzene rings is 3. The quantitative estimate of drug-likeness (QED) is 0.269. The first-order chi connectivity index (χ1) is 16.6. The number of aliphatic carboxylic acids is 1. The zero-order chi connectivity index (χ0) is 23.5. The SMILES string of the molecule is N#Cc1n[nH]c2ccc(C(=C(c3ccccc3)C3CCC3)c3ccc(C=CC(=O)O)cc3)cc12. The van der Waals surface area contributed by atoms with Crippen molar-refractivity contribution in [1.82, 2.24) is 10.2 Å². The summed E-state index contributed by atoms with van der Waals surface area (Å²) in [5.41, 5.74) is 7.77. The van der Waals surface area contributed by atoms with Gasteiger partial charge in [-0.15, -0.1) is 0 Å². The Hall–Kier alpha value is -4.43. The second-order valence-corrected chi connectivity index (χ2v) is 8.52. The standard InChI is InChI=1S/C29H23N3O2/c30-18-26-24-17-23(14-15-25(24)31-32-26)29(22-12-9-19(10-13-22)11-16-27(33)34)28(21-7-4-8-21)20-5-2-1-3-6-20/h1-3,5-6,9-17,21H,4,7-8H2,(H,31,32)(H,33,34). The minimum atomic E-state index is -0.970. The summed E-state index contributed by atoms with van der Waals surface area (Å²) in [6.45, 7) is 0. The van der Waals surface area contributed by atoms with E-state index in [2.05, 4.69) is 46.6 Å². The normalized spacial score (nSPS) is 14.6. The number of fused-ring (bicyclic) bond motifs is 1. The van der Waals surface area contributed by atoms with E-state index in [0.717, 1.165) is 52.1 Å². The Labute approximate surface area is 197 Å². The molecule has 1 aliphatic carbocycles. The number of nitriles is 1. The van der Waals surface area contributed by atoms with E-state index in [1.807, 2.05) is 42.5 Å². The lowest BCUT2D eigenvalue weighted by Crippen LogP contribution is -2.15. The molecule has 0 aliphatic heterocycles. The van der Waals surface area contributed by atoms with Crippen LogP contribution in [-0.4, -0.2) is 21.3 Å². The fourth-order valence-corrected chi connectivity index (χ4v) is 4.56. The van der Waals surface area contributed by atoms with E-state index in [-0.39, 0.29) is 0 Å². The summed E-state index contributed by atoms with van der Waals surface area (Å²) in [4.78, 5) is 10.9. The molecule has 1 heterocycles. The largest absolute Gasteiger partial charge is 0.478 e. The highest BCUT2D eigenvalue weighted by Gasteiger charge is 2.27. The monoisotopic (exact) mass is 445 g/mol. The molecule has 34 heavy (non-hydrogen) atoms. The van der Waals surface area contributed by atoms with Gasteiger partial charge in [-0.05, 0) is 70.4 Å². The lowest BCUT2D eigenvalue weighted by atomic mass is 9.73. The molecule has 0 saturated heterocycles. The van der Waals surface area contributed by atoms with Crippen molar-refractivity contribution in [2.45, 2.75) is 19.3 Å². The van der Waals surface area contributed by atoms with Crippen molar-refractivity contribution in [2.75, 3.05) is 0 Å². The maximum Gasteiger partial charge on any atom is 0.328 e. The van der Waals surface area contributed by atoms with Gasteiger partial charge in [-0.25, -0.2) is 4.79 Å². The lowest BCUT2D eigenvalue weighted by molar-refractivity contribution is -0.131. The van der Waals surface area contributed by atoms with E-state index in [1.54, 1.807) is 6.08 Å². The third kappa shape index (κ3) is 4.14. The van der Waals surface area contributed by atoms with Gasteiger partial charge < -0.3 is 5.11 Å². The molecule has 5 nitrogen and oxygen atoms in total. The highest BCUT2D eigenvalue weighted by molar-refractivity contribution is 6.01. The number of hydrogen-bond donors (Lipinski definition) is 2. The molecule has 0 radical (unpaired) electrons. The van der Waals surface area contributed by atoms with Gasteiger partial charge in [-0.3, -0.25) is 5.10 Å². The Morgan fingerprint density at radius 3 is 2.38 bits per heavy atom. The van der Waals surface area contributed by atoms with Crippen molar-refractivity contribution in [3.8, 4) is 6.07 Å². The van der Waals surface area contributed by atoms with Crippen LogP contribution in [0, 0.1) is 17.2 Å². The summed E-state index contributed by atoms with van der Waals surface area (Å²) in [6.07, 6.45) is 6.24. The van der Waals surface area contributed by atoms with Crippen LogP contribution in [0.5, 0.6) is 0 Å². The number of carbonyl (C=O) groups is 1. The number of nitrogens with one attached hydrogen (secondary N) is 1. The Morgan fingerprint density at radius 2 is 1.74 bits per heavy atom. The number of carboxylic acid groups (broad SMARTS) is 1. The number of aromatic nitrogens is 2. The van der Waals surface area contributed by atoms with Crippen LogP contribution in [-0.2, 0) is 4.79 Å². The maximum atomic E-state index is 10.9. The molecule has 5 rings (SSSR count). The zero-order valence-electron chi connectivity index (χ0n) is 18.5. The molecule has 4 aromatic rings. The van der Waals surface area contributed by atoms with Crippen LogP contribution in [0.4, 0.5) is 0 Å². The molecular weight excluding hydrogens is 422 g/mol. The van der Waals surface area contributed by atoms with Gasteiger partial charge in [0.05, 0.1) is 5.52 Å². The Morgan fingerprint density at radius 1 is 1.00 bits per heavy atom. The van der Waals surface area contributed by atoms with Crippen LogP contribution >= 0.6 is 0 Å². The predicted molar refractivity (Wildman–Crippen MR) is 134 cm³/mol. The molecule has 166 valence electrons. The second-order valence-electron chi connectivity index (χ2n) is 8.52. The molecule has 5 heteroatoms. The average molecular weight is 446 g/mol. The van der Waals surface area contributed by atoms with Crippen molar-refractivity contribution >= 4 is 34.1 Å². The summed E-state index contributed by atoms with van der Waals surface area (Å²) >= 11 is 0. The highest BCUT2D eigenvalue weighted by Crippen LogP contribution is 2.45. The minimum absolute atomic E-state index is 0.385. The Kier molecular flexibility index (Phi) is 5.80. The molecule has 1 aliphatic rings. The van der Waals surface area contributed by atoms with Crippen LogP contribution in [0.25, 0.3) is 28.1 Å². The maximum absolute atomic E-state index is 10.9. The van der Waals surface area contributed by atoms with Gasteiger partial charge in [0.1, 0.15) is 6.07 Å². The number of carboxylic acids is 1. The van der Waals surface area contributed by atoms with Gasteiger partial charge in [0.15, 0.2) is 5.69 Å². The molecule has 3 aromatic carbocycles. The summed E-state index contributed by atoms with van der Waals surface area (Å²) in [6, 6.07) is 26.7. The smallest absolute Gasteiger partial charge is 0.328 e. The Balaban J connectivity index is 1.74. The lowest BCUT2D eigenvalue weighted by Gasteiger charge is -2.31. The topological polar surface area (TPSA) is 89.8 Å². The van der Waals surface area contributed by atoms with Crippen molar-refractivity contribution < 1.29 is 9.90 Å². The van der Waals surface area contributed by atoms with Gasteiger partial charge >= 0.3 is 5.97 Å². The van der Waals surface area contributed by atoms with Gasteiger partial charge in [0.2, 0.25) is 0 Å². The van der Waals surface area contributed by atoms with E-state index in [9.17, 15) is 10.1 Å². The van der Waals surface area contributed by atoms with E-state index < -0.39 is 5.97 Å². The summed E-state index contributed by atoms with van der Waals surface area (Å²) in [7, 11) is 0. The van der Waals surface area contributed by atoms with Crippen molar-refractivity contribution in [3.05, 3.63) is 107 Å². The van der Waals surface area contributed by atoms with Gasteiger partial charge in [0, 0.05) is 11.5 Å². The molecule has 0 spiro atoms.